The molecule has 0 amide bonds. The molecule has 1 aromatic heterocycles. The molecule has 2 rings (SSSR count). The third-order valence-corrected chi connectivity index (χ3v) is 3.12. The van der Waals surface area contributed by atoms with E-state index in [0.29, 0.717) is 6.54 Å². The highest BCUT2D eigenvalue weighted by Gasteiger charge is 2.36. The van der Waals surface area contributed by atoms with Gasteiger partial charge in [-0.2, -0.15) is 18.2 Å². The second kappa shape index (κ2) is 6.02. The van der Waals surface area contributed by atoms with Gasteiger partial charge >= 0.3 is 6.18 Å². The minimum Gasteiger partial charge on any atom is -0.389 e. The Balaban J connectivity index is 2.31. The summed E-state index contributed by atoms with van der Waals surface area (Å²) in [5.41, 5.74) is -1.05. The van der Waals surface area contributed by atoms with Crippen molar-refractivity contribution in [2.24, 2.45) is 0 Å². The fourth-order valence-corrected chi connectivity index (χ4v) is 2.01. The summed E-state index contributed by atoms with van der Waals surface area (Å²) in [5, 5.41) is 21.7. The topological polar surface area (TPSA) is 81.5 Å². The van der Waals surface area contributed by atoms with Gasteiger partial charge in [-0.1, -0.05) is 6.92 Å². The molecule has 2 heterocycles. The number of halogens is 3. The van der Waals surface area contributed by atoms with Crippen molar-refractivity contribution in [2.75, 3.05) is 29.9 Å². The molecule has 118 valence electrons. The number of hydrogen-bond donors (Lipinski definition) is 3. The molecule has 6 nitrogen and oxygen atoms in total. The maximum absolute atomic E-state index is 12.9. The average molecular weight is 306 g/mol. The predicted octanol–water partition coefficient (Wildman–Crippen LogP) is 0.859. The zero-order chi connectivity index (χ0) is 15.6. The Labute approximate surface area is 119 Å². The van der Waals surface area contributed by atoms with E-state index in [2.05, 4.69) is 15.3 Å². The van der Waals surface area contributed by atoms with Gasteiger partial charge in [0.05, 0.1) is 12.2 Å². The minimum absolute atomic E-state index is 0.0305. The number of nitrogens with one attached hydrogen (secondary N) is 1. The first-order chi connectivity index (χ1) is 9.81. The maximum Gasteiger partial charge on any atom is 0.433 e. The number of β-amino-alcohol motifs (C(OH)–C–C–N with tert-alkyl or cyclic N) is 2. The molecule has 0 radical (unpaired) electrons. The number of anilines is 2. The molecule has 1 aromatic rings. The van der Waals surface area contributed by atoms with Gasteiger partial charge in [0.2, 0.25) is 5.95 Å². The Kier molecular flexibility index (Phi) is 4.52. The molecule has 3 N–H and O–H groups in total. The Hall–Kier alpha value is -1.61. The smallest absolute Gasteiger partial charge is 0.389 e. The Morgan fingerprint density at radius 2 is 1.90 bits per heavy atom. The zero-order valence-corrected chi connectivity index (χ0v) is 11.4. The van der Waals surface area contributed by atoms with Crippen LogP contribution in [0.4, 0.5) is 24.9 Å². The highest BCUT2D eigenvalue weighted by atomic mass is 19.4. The molecule has 1 aliphatic rings. The lowest BCUT2D eigenvalue weighted by molar-refractivity contribution is -0.141. The summed E-state index contributed by atoms with van der Waals surface area (Å²) >= 11 is 0. The van der Waals surface area contributed by atoms with Gasteiger partial charge in [-0.15, -0.1) is 0 Å². The quantitative estimate of drug-likeness (QED) is 0.765. The monoisotopic (exact) mass is 306 g/mol. The molecule has 1 aliphatic heterocycles. The van der Waals surface area contributed by atoms with Crippen molar-refractivity contribution in [2.45, 2.75) is 31.7 Å². The highest BCUT2D eigenvalue weighted by Crippen LogP contribution is 2.31. The Morgan fingerprint density at radius 3 is 2.43 bits per heavy atom. The molecular formula is C12H17F3N4O2. The Morgan fingerprint density at radius 1 is 1.29 bits per heavy atom. The SMILES string of the molecule is CCCNc1nc(N2CC(O)C(O)C2)cc(C(F)(F)F)n1. The predicted molar refractivity (Wildman–Crippen MR) is 70.0 cm³/mol. The van der Waals surface area contributed by atoms with Crippen molar-refractivity contribution in [3.8, 4) is 0 Å². The Bertz CT molecular complexity index is 488. The summed E-state index contributed by atoms with van der Waals surface area (Å²) in [6.07, 6.45) is -5.87. The fourth-order valence-electron chi connectivity index (χ4n) is 2.01. The van der Waals surface area contributed by atoms with E-state index < -0.39 is 24.1 Å². The number of rotatable bonds is 4. The lowest BCUT2D eigenvalue weighted by Gasteiger charge is -2.19. The molecule has 21 heavy (non-hydrogen) atoms. The van der Waals surface area contributed by atoms with E-state index in [0.717, 1.165) is 12.5 Å². The van der Waals surface area contributed by atoms with Gasteiger partial charge in [-0.25, -0.2) is 4.98 Å². The first kappa shape index (κ1) is 15.8. The zero-order valence-electron chi connectivity index (χ0n) is 11.4. The molecule has 0 aromatic carbocycles. The first-order valence-corrected chi connectivity index (χ1v) is 6.62. The number of hydrogen-bond acceptors (Lipinski definition) is 6. The molecule has 0 aliphatic carbocycles. The second-order valence-electron chi connectivity index (χ2n) is 4.90. The van der Waals surface area contributed by atoms with E-state index in [1.165, 1.54) is 4.90 Å². The molecule has 2 atom stereocenters. The standard InChI is InChI=1S/C12H17F3N4O2/c1-2-3-16-11-17-9(12(13,14)15)4-10(18-11)19-5-7(20)8(21)6-19/h4,7-8,20-21H,2-3,5-6H2,1H3,(H,16,17,18). The molecule has 0 spiro atoms. The summed E-state index contributed by atoms with van der Waals surface area (Å²) in [7, 11) is 0. The normalized spacial score (nSPS) is 22.7. The van der Waals surface area contributed by atoms with Crippen LogP contribution in [-0.4, -0.2) is 52.0 Å². The van der Waals surface area contributed by atoms with Crippen LogP contribution in [0.1, 0.15) is 19.0 Å². The van der Waals surface area contributed by atoms with Gasteiger partial charge in [0, 0.05) is 25.7 Å². The van der Waals surface area contributed by atoms with Crippen molar-refractivity contribution in [1.82, 2.24) is 9.97 Å². The van der Waals surface area contributed by atoms with Crippen LogP contribution < -0.4 is 10.2 Å². The van der Waals surface area contributed by atoms with Crippen molar-refractivity contribution < 1.29 is 23.4 Å². The second-order valence-corrected chi connectivity index (χ2v) is 4.90. The summed E-state index contributed by atoms with van der Waals surface area (Å²) in [4.78, 5) is 8.88. The van der Waals surface area contributed by atoms with Crippen LogP contribution in [0.2, 0.25) is 0 Å². The van der Waals surface area contributed by atoms with Crippen LogP contribution >= 0.6 is 0 Å². The van der Waals surface area contributed by atoms with E-state index in [-0.39, 0.29) is 24.9 Å². The minimum atomic E-state index is -4.59. The van der Waals surface area contributed by atoms with E-state index in [1.54, 1.807) is 0 Å². The number of aliphatic hydroxyl groups excluding tert-OH is 2. The molecule has 2 unspecified atom stereocenters. The molecule has 1 saturated heterocycles. The summed E-state index contributed by atoms with van der Waals surface area (Å²) < 4.78 is 38.6. The van der Waals surface area contributed by atoms with Crippen LogP contribution in [0.15, 0.2) is 6.07 Å². The number of aromatic nitrogens is 2. The summed E-state index contributed by atoms with van der Waals surface area (Å²) in [6, 6.07) is 0.821. The lowest BCUT2D eigenvalue weighted by atomic mass is 10.3. The van der Waals surface area contributed by atoms with Crippen LogP contribution in [0.25, 0.3) is 0 Å². The number of nitrogens with zero attached hydrogens (tertiary/aromatic N) is 3. The number of alkyl halides is 3. The highest BCUT2D eigenvalue weighted by molar-refractivity contribution is 5.47. The largest absolute Gasteiger partial charge is 0.433 e. The van der Waals surface area contributed by atoms with Crippen molar-refractivity contribution in [1.29, 1.82) is 0 Å². The van der Waals surface area contributed by atoms with Gasteiger partial charge in [-0.05, 0) is 6.42 Å². The molecule has 1 fully saturated rings. The van der Waals surface area contributed by atoms with Crippen LogP contribution in [-0.2, 0) is 6.18 Å². The van der Waals surface area contributed by atoms with Gasteiger partial charge in [0.25, 0.3) is 0 Å². The van der Waals surface area contributed by atoms with E-state index in [1.807, 2.05) is 6.92 Å². The van der Waals surface area contributed by atoms with Gasteiger partial charge in [0.1, 0.15) is 5.82 Å². The molecule has 9 heteroatoms. The first-order valence-electron chi connectivity index (χ1n) is 6.62. The molecule has 0 bridgehead atoms. The average Bonchev–Trinajstić information content (AvgIpc) is 2.75. The third-order valence-electron chi connectivity index (χ3n) is 3.12. The van der Waals surface area contributed by atoms with Crippen LogP contribution in [0, 0.1) is 0 Å². The number of aliphatic hydroxyl groups is 2. The van der Waals surface area contributed by atoms with Gasteiger partial charge in [-0.3, -0.25) is 0 Å². The summed E-state index contributed by atoms with van der Waals surface area (Å²) in [5.74, 6) is -0.0796. The third kappa shape index (κ3) is 3.73. The van der Waals surface area contributed by atoms with Gasteiger partial charge < -0.3 is 20.4 Å². The fraction of sp³-hybridized carbons (Fsp3) is 0.667. The lowest BCUT2D eigenvalue weighted by Crippen LogP contribution is -2.24. The van der Waals surface area contributed by atoms with Crippen molar-refractivity contribution in [3.63, 3.8) is 0 Å². The van der Waals surface area contributed by atoms with Gasteiger partial charge in [0.15, 0.2) is 5.69 Å². The van der Waals surface area contributed by atoms with Crippen molar-refractivity contribution in [3.05, 3.63) is 11.8 Å². The van der Waals surface area contributed by atoms with Crippen LogP contribution in [0.5, 0.6) is 0 Å². The van der Waals surface area contributed by atoms with Crippen molar-refractivity contribution >= 4 is 11.8 Å². The summed E-state index contributed by atoms with van der Waals surface area (Å²) in [6.45, 7) is 2.38. The maximum atomic E-state index is 12.9. The molecule has 0 saturated carbocycles. The molecular weight excluding hydrogens is 289 g/mol. The van der Waals surface area contributed by atoms with E-state index in [4.69, 9.17) is 0 Å². The van der Waals surface area contributed by atoms with Crippen LogP contribution in [0.3, 0.4) is 0 Å². The van der Waals surface area contributed by atoms with E-state index >= 15 is 0 Å². The van der Waals surface area contributed by atoms with E-state index in [9.17, 15) is 23.4 Å².